The van der Waals surface area contributed by atoms with E-state index in [1.54, 1.807) is 43.4 Å². The molecule has 4 aromatic rings. The largest absolute Gasteiger partial charge is 0.452 e. The van der Waals surface area contributed by atoms with E-state index in [1.807, 2.05) is 36.4 Å². The Labute approximate surface area is 211 Å². The maximum absolute atomic E-state index is 13.0. The lowest BCUT2D eigenvalue weighted by Gasteiger charge is -2.17. The zero-order valence-corrected chi connectivity index (χ0v) is 20.4. The number of carbonyl (C=O) groups is 2. The van der Waals surface area contributed by atoms with Crippen LogP contribution in [0.1, 0.15) is 15.9 Å². The van der Waals surface area contributed by atoms with Crippen molar-refractivity contribution in [2.24, 2.45) is 0 Å². The van der Waals surface area contributed by atoms with Gasteiger partial charge < -0.3 is 9.64 Å². The zero-order valence-electron chi connectivity index (χ0n) is 18.1. The number of carbonyl (C=O) groups excluding carboxylic acids is 2. The first-order valence-corrected chi connectivity index (χ1v) is 11.5. The monoisotopic (exact) mass is 512 g/mol. The Morgan fingerprint density at radius 2 is 1.62 bits per heavy atom. The van der Waals surface area contributed by atoms with Gasteiger partial charge in [-0.25, -0.2) is 9.78 Å². The van der Waals surface area contributed by atoms with E-state index >= 15 is 0 Å². The van der Waals surface area contributed by atoms with Crippen LogP contribution in [-0.2, 0) is 16.1 Å². The van der Waals surface area contributed by atoms with Gasteiger partial charge in [-0.3, -0.25) is 4.79 Å². The van der Waals surface area contributed by atoms with Crippen LogP contribution in [0.5, 0.6) is 0 Å². The summed E-state index contributed by atoms with van der Waals surface area (Å²) < 4.78 is 5.38. The number of halogens is 3. The van der Waals surface area contributed by atoms with Crippen molar-refractivity contribution in [1.29, 1.82) is 0 Å². The Morgan fingerprint density at radius 3 is 2.38 bits per heavy atom. The maximum Gasteiger partial charge on any atom is 0.339 e. The van der Waals surface area contributed by atoms with Crippen molar-refractivity contribution in [3.63, 3.8) is 0 Å². The molecule has 0 radical (unpaired) electrons. The number of amides is 1. The Morgan fingerprint density at radius 1 is 0.912 bits per heavy atom. The summed E-state index contributed by atoms with van der Waals surface area (Å²) in [5.41, 5.74) is 2.77. The van der Waals surface area contributed by atoms with Gasteiger partial charge in [0.2, 0.25) is 0 Å². The minimum Gasteiger partial charge on any atom is -0.452 e. The van der Waals surface area contributed by atoms with Crippen LogP contribution in [0, 0.1) is 0 Å². The molecule has 5 nitrogen and oxygen atoms in total. The molecule has 34 heavy (non-hydrogen) atoms. The van der Waals surface area contributed by atoms with Crippen LogP contribution in [0.2, 0.25) is 15.1 Å². The second-order valence-electron chi connectivity index (χ2n) is 7.61. The zero-order chi connectivity index (χ0) is 24.2. The molecule has 0 aliphatic heterocycles. The van der Waals surface area contributed by atoms with Gasteiger partial charge >= 0.3 is 5.97 Å². The predicted molar refractivity (Wildman–Crippen MR) is 135 cm³/mol. The standard InChI is InChI=1S/C26H19Cl3N2O3/c1-31(14-16-7-3-2-4-8-16)23(32)15-34-26(33)19-13-22(30-21-10-6-5-9-17(19)21)18-11-12-20(27)25(29)24(18)28/h2-13H,14-15H2,1H3. The minimum absolute atomic E-state index is 0.201. The first-order chi connectivity index (χ1) is 16.3. The van der Waals surface area contributed by atoms with Gasteiger partial charge in [0.25, 0.3) is 5.91 Å². The molecule has 1 aromatic heterocycles. The van der Waals surface area contributed by atoms with Crippen molar-refractivity contribution in [3.05, 3.63) is 99.0 Å². The van der Waals surface area contributed by atoms with Gasteiger partial charge in [0, 0.05) is 24.5 Å². The Hall–Kier alpha value is -3.12. The summed E-state index contributed by atoms with van der Waals surface area (Å²) in [5.74, 6) is -0.958. The maximum atomic E-state index is 13.0. The highest BCUT2D eigenvalue weighted by Gasteiger charge is 2.20. The Bertz CT molecular complexity index is 1380. The lowest BCUT2D eigenvalue weighted by Crippen LogP contribution is -2.30. The lowest BCUT2D eigenvalue weighted by molar-refractivity contribution is -0.133. The Balaban J connectivity index is 1.59. The topological polar surface area (TPSA) is 59.5 Å². The summed E-state index contributed by atoms with van der Waals surface area (Å²) in [7, 11) is 1.66. The molecule has 0 atom stereocenters. The van der Waals surface area contributed by atoms with Crippen LogP contribution >= 0.6 is 34.8 Å². The Kier molecular flexibility index (Phi) is 7.37. The number of nitrogens with zero attached hydrogens (tertiary/aromatic N) is 2. The van der Waals surface area contributed by atoms with Crippen LogP contribution in [-0.4, -0.2) is 35.4 Å². The predicted octanol–water partition coefficient (Wildman–Crippen LogP) is 6.68. The first kappa shape index (κ1) is 24.0. The third kappa shape index (κ3) is 5.17. The van der Waals surface area contributed by atoms with E-state index in [-0.39, 0.29) is 28.1 Å². The normalized spacial score (nSPS) is 10.8. The average Bonchev–Trinajstić information content (AvgIpc) is 2.85. The molecule has 0 bridgehead atoms. The van der Waals surface area contributed by atoms with Gasteiger partial charge in [-0.15, -0.1) is 0 Å². The number of ether oxygens (including phenoxy) is 1. The van der Waals surface area contributed by atoms with E-state index in [0.717, 1.165) is 5.56 Å². The van der Waals surface area contributed by atoms with E-state index in [4.69, 9.17) is 39.5 Å². The molecule has 0 fully saturated rings. The van der Waals surface area contributed by atoms with Gasteiger partial charge in [-0.1, -0.05) is 83.3 Å². The minimum atomic E-state index is -0.641. The number of benzene rings is 3. The van der Waals surface area contributed by atoms with Gasteiger partial charge in [-0.05, 0) is 29.8 Å². The highest BCUT2D eigenvalue weighted by molar-refractivity contribution is 6.49. The van der Waals surface area contributed by atoms with E-state index in [0.29, 0.717) is 33.7 Å². The smallest absolute Gasteiger partial charge is 0.339 e. The highest BCUT2D eigenvalue weighted by Crippen LogP contribution is 2.38. The summed E-state index contributed by atoms with van der Waals surface area (Å²) in [6.07, 6.45) is 0. The molecule has 0 unspecified atom stereocenters. The number of rotatable bonds is 6. The highest BCUT2D eigenvalue weighted by atomic mass is 35.5. The molecule has 1 heterocycles. The molecule has 0 aliphatic carbocycles. The average molecular weight is 514 g/mol. The SMILES string of the molecule is CN(Cc1ccccc1)C(=O)COC(=O)c1cc(-c2ccc(Cl)c(Cl)c2Cl)nc2ccccc12. The van der Waals surface area contributed by atoms with Crippen LogP contribution < -0.4 is 0 Å². The van der Waals surface area contributed by atoms with Crippen LogP contribution in [0.15, 0.2) is 72.8 Å². The third-order valence-electron chi connectivity index (χ3n) is 5.26. The van der Waals surface area contributed by atoms with E-state index in [2.05, 4.69) is 4.98 Å². The van der Waals surface area contributed by atoms with Crippen molar-refractivity contribution < 1.29 is 14.3 Å². The third-order valence-corrected chi connectivity index (χ3v) is 6.56. The number of hydrogen-bond donors (Lipinski definition) is 0. The number of para-hydroxylation sites is 1. The van der Waals surface area contributed by atoms with Gasteiger partial charge in [0.05, 0.1) is 31.8 Å². The number of aromatic nitrogens is 1. The van der Waals surface area contributed by atoms with Crippen molar-refractivity contribution in [1.82, 2.24) is 9.88 Å². The van der Waals surface area contributed by atoms with Crippen molar-refractivity contribution in [2.75, 3.05) is 13.7 Å². The summed E-state index contributed by atoms with van der Waals surface area (Å²) in [6, 6.07) is 21.6. The lowest BCUT2D eigenvalue weighted by atomic mass is 10.0. The second-order valence-corrected chi connectivity index (χ2v) is 8.77. The molecule has 172 valence electrons. The molecular weight excluding hydrogens is 495 g/mol. The molecule has 8 heteroatoms. The summed E-state index contributed by atoms with van der Waals surface area (Å²) in [5, 5.41) is 1.34. The molecule has 0 aliphatic rings. The van der Waals surface area contributed by atoms with Crippen molar-refractivity contribution in [3.8, 4) is 11.3 Å². The molecule has 3 aromatic carbocycles. The molecule has 1 amide bonds. The van der Waals surface area contributed by atoms with E-state index in [9.17, 15) is 9.59 Å². The molecule has 0 spiro atoms. The number of pyridine rings is 1. The van der Waals surface area contributed by atoms with Crippen LogP contribution in [0.25, 0.3) is 22.2 Å². The number of fused-ring (bicyclic) bond motifs is 1. The fraction of sp³-hybridized carbons (Fsp3) is 0.115. The van der Waals surface area contributed by atoms with Crippen LogP contribution in [0.4, 0.5) is 0 Å². The van der Waals surface area contributed by atoms with Gasteiger partial charge in [0.15, 0.2) is 6.61 Å². The van der Waals surface area contributed by atoms with Crippen LogP contribution in [0.3, 0.4) is 0 Å². The van der Waals surface area contributed by atoms with Crippen molar-refractivity contribution >= 4 is 57.6 Å². The molecule has 4 rings (SSSR count). The number of likely N-dealkylation sites (N-methyl/N-ethyl adjacent to an activating group) is 1. The summed E-state index contributed by atoms with van der Waals surface area (Å²) >= 11 is 18.6. The van der Waals surface area contributed by atoms with E-state index in [1.165, 1.54) is 4.90 Å². The molecule has 0 saturated heterocycles. The second kappa shape index (κ2) is 10.4. The molecule has 0 N–H and O–H groups in total. The summed E-state index contributed by atoms with van der Waals surface area (Å²) in [6.45, 7) is 0.0249. The fourth-order valence-corrected chi connectivity index (χ4v) is 4.10. The fourth-order valence-electron chi connectivity index (χ4n) is 3.47. The summed E-state index contributed by atoms with van der Waals surface area (Å²) in [4.78, 5) is 31.7. The van der Waals surface area contributed by atoms with Gasteiger partial charge in [0.1, 0.15) is 0 Å². The van der Waals surface area contributed by atoms with Crippen molar-refractivity contribution in [2.45, 2.75) is 6.54 Å². The first-order valence-electron chi connectivity index (χ1n) is 10.3. The quantitative estimate of drug-likeness (QED) is 0.213. The number of hydrogen-bond acceptors (Lipinski definition) is 4. The van der Waals surface area contributed by atoms with Gasteiger partial charge in [-0.2, -0.15) is 0 Å². The van der Waals surface area contributed by atoms with E-state index < -0.39 is 5.97 Å². The number of esters is 1. The molecule has 0 saturated carbocycles. The molecular formula is C26H19Cl3N2O3.